The molecule has 0 saturated carbocycles. The molecule has 152 valence electrons. The average molecular weight is 419 g/mol. The van der Waals surface area contributed by atoms with Crippen LogP contribution >= 0.6 is 11.8 Å². The molecule has 0 bridgehead atoms. The van der Waals surface area contributed by atoms with Crippen molar-refractivity contribution >= 4 is 28.9 Å². The first-order valence-corrected chi connectivity index (χ1v) is 10.5. The molecule has 1 aliphatic heterocycles. The van der Waals surface area contributed by atoms with Crippen molar-refractivity contribution in [2.45, 2.75) is 20.3 Å². The summed E-state index contributed by atoms with van der Waals surface area (Å²) in [5.41, 5.74) is 10.2. The third kappa shape index (κ3) is 4.16. The molecule has 7 heteroatoms. The summed E-state index contributed by atoms with van der Waals surface area (Å²) in [6.45, 7) is 4.78. The molecule has 3 aromatic rings. The highest BCUT2D eigenvalue weighted by molar-refractivity contribution is 8.18. The first kappa shape index (κ1) is 20.0. The van der Waals surface area contributed by atoms with Gasteiger partial charge in [-0.15, -0.1) is 0 Å². The van der Waals surface area contributed by atoms with Crippen LogP contribution in [0.5, 0.6) is 5.75 Å². The van der Waals surface area contributed by atoms with E-state index in [-0.39, 0.29) is 11.1 Å². The molecule has 2 heterocycles. The van der Waals surface area contributed by atoms with E-state index in [0.717, 1.165) is 40.2 Å². The quantitative estimate of drug-likeness (QED) is 0.593. The number of benzene rings is 2. The van der Waals surface area contributed by atoms with E-state index in [9.17, 15) is 4.79 Å². The lowest BCUT2D eigenvalue weighted by molar-refractivity contribution is -0.113. The SMILES string of the molecule is CCCOc1ccc(-c2nn(-c3ccccc3)cc2C=C2SC(N)=NC2=O)cc1C. The second-order valence-electron chi connectivity index (χ2n) is 6.91. The molecule has 0 aliphatic carbocycles. The summed E-state index contributed by atoms with van der Waals surface area (Å²) in [6.07, 6.45) is 4.67. The fourth-order valence-electron chi connectivity index (χ4n) is 3.17. The van der Waals surface area contributed by atoms with Crippen LogP contribution in [0, 0.1) is 6.92 Å². The smallest absolute Gasteiger partial charge is 0.286 e. The second-order valence-corrected chi connectivity index (χ2v) is 7.97. The van der Waals surface area contributed by atoms with Crippen molar-refractivity contribution in [3.63, 3.8) is 0 Å². The van der Waals surface area contributed by atoms with Crippen LogP contribution in [0.15, 0.2) is 64.6 Å². The van der Waals surface area contributed by atoms with Crippen LogP contribution in [0.25, 0.3) is 23.0 Å². The number of carbonyl (C=O) groups is 1. The van der Waals surface area contributed by atoms with Crippen molar-refractivity contribution < 1.29 is 9.53 Å². The van der Waals surface area contributed by atoms with Gasteiger partial charge in [0.2, 0.25) is 0 Å². The Morgan fingerprint density at radius 3 is 2.67 bits per heavy atom. The molecule has 1 amide bonds. The van der Waals surface area contributed by atoms with Gasteiger partial charge in [0, 0.05) is 17.3 Å². The van der Waals surface area contributed by atoms with E-state index >= 15 is 0 Å². The molecule has 30 heavy (non-hydrogen) atoms. The largest absolute Gasteiger partial charge is 0.493 e. The molecule has 0 fully saturated rings. The standard InChI is InChI=1S/C23H22N4O2S/c1-3-11-29-19-10-9-16(12-15(19)2)21-17(13-20-22(28)25-23(24)30-20)14-27(26-21)18-7-5-4-6-8-18/h4-10,12-14H,3,11H2,1-2H3,(H2,24,25,28). The lowest BCUT2D eigenvalue weighted by Gasteiger charge is -2.09. The maximum Gasteiger partial charge on any atom is 0.286 e. The minimum absolute atomic E-state index is 0.261. The fraction of sp³-hybridized carbons (Fsp3) is 0.174. The minimum Gasteiger partial charge on any atom is -0.493 e. The number of amides is 1. The van der Waals surface area contributed by atoms with Gasteiger partial charge < -0.3 is 10.5 Å². The van der Waals surface area contributed by atoms with Crippen LogP contribution in [-0.2, 0) is 4.79 Å². The molecule has 0 saturated heterocycles. The monoisotopic (exact) mass is 418 g/mol. The third-order valence-electron chi connectivity index (χ3n) is 4.60. The highest BCUT2D eigenvalue weighted by Gasteiger charge is 2.21. The van der Waals surface area contributed by atoms with Crippen LogP contribution in [0.2, 0.25) is 0 Å². The molecule has 0 spiro atoms. The first-order chi connectivity index (χ1) is 14.5. The number of rotatable bonds is 6. The van der Waals surface area contributed by atoms with E-state index in [1.165, 1.54) is 11.8 Å². The summed E-state index contributed by atoms with van der Waals surface area (Å²) < 4.78 is 7.61. The molecule has 0 unspecified atom stereocenters. The van der Waals surface area contributed by atoms with Crippen LogP contribution in [-0.4, -0.2) is 27.5 Å². The number of para-hydroxylation sites is 1. The number of carbonyl (C=O) groups excluding carboxylic acids is 1. The Morgan fingerprint density at radius 2 is 2.00 bits per heavy atom. The Morgan fingerprint density at radius 1 is 1.20 bits per heavy atom. The fourth-order valence-corrected chi connectivity index (χ4v) is 3.84. The lowest BCUT2D eigenvalue weighted by atomic mass is 10.0. The Balaban J connectivity index is 1.78. The van der Waals surface area contributed by atoms with Gasteiger partial charge in [0.15, 0.2) is 5.17 Å². The van der Waals surface area contributed by atoms with Gasteiger partial charge in [-0.3, -0.25) is 4.79 Å². The van der Waals surface area contributed by atoms with Gasteiger partial charge in [-0.05, 0) is 67.1 Å². The molecular weight excluding hydrogens is 396 g/mol. The molecule has 1 aromatic heterocycles. The molecule has 4 rings (SSSR count). The van der Waals surface area contributed by atoms with Crippen LogP contribution in [0.3, 0.4) is 0 Å². The van der Waals surface area contributed by atoms with Crippen LogP contribution in [0.4, 0.5) is 0 Å². The molecule has 0 radical (unpaired) electrons. The Labute approximate surface area is 179 Å². The number of ether oxygens (including phenoxy) is 1. The van der Waals surface area contributed by atoms with E-state index in [0.29, 0.717) is 11.5 Å². The van der Waals surface area contributed by atoms with Gasteiger partial charge >= 0.3 is 0 Å². The summed E-state index contributed by atoms with van der Waals surface area (Å²) in [5.74, 6) is 0.543. The number of aryl methyl sites for hydroxylation is 1. The highest BCUT2D eigenvalue weighted by atomic mass is 32.2. The maximum absolute atomic E-state index is 12.1. The van der Waals surface area contributed by atoms with Gasteiger partial charge in [0.05, 0.1) is 17.2 Å². The Kier molecular flexibility index (Phi) is 5.72. The summed E-state index contributed by atoms with van der Waals surface area (Å²) >= 11 is 1.17. The van der Waals surface area contributed by atoms with E-state index in [1.807, 2.05) is 60.3 Å². The van der Waals surface area contributed by atoms with E-state index in [1.54, 1.807) is 6.08 Å². The van der Waals surface area contributed by atoms with Crippen LogP contribution < -0.4 is 10.5 Å². The average Bonchev–Trinajstić information content (AvgIpc) is 3.30. The number of hydrogen-bond donors (Lipinski definition) is 1. The lowest BCUT2D eigenvalue weighted by Crippen LogP contribution is -2.01. The van der Waals surface area contributed by atoms with Gasteiger partial charge in [-0.25, -0.2) is 4.68 Å². The number of thioether (sulfide) groups is 1. The number of nitrogens with two attached hydrogens (primary N) is 1. The predicted molar refractivity (Wildman–Crippen MR) is 122 cm³/mol. The number of aromatic nitrogens is 2. The van der Waals surface area contributed by atoms with Gasteiger partial charge in [-0.1, -0.05) is 25.1 Å². The summed E-state index contributed by atoms with van der Waals surface area (Å²) in [4.78, 5) is 16.4. The maximum atomic E-state index is 12.1. The van der Waals surface area contributed by atoms with Gasteiger partial charge in [0.1, 0.15) is 11.4 Å². The minimum atomic E-state index is -0.324. The van der Waals surface area contributed by atoms with Crippen molar-refractivity contribution in [3.8, 4) is 22.7 Å². The van der Waals surface area contributed by atoms with Crippen molar-refractivity contribution in [1.29, 1.82) is 0 Å². The van der Waals surface area contributed by atoms with Crippen molar-refractivity contribution in [2.24, 2.45) is 10.7 Å². The third-order valence-corrected chi connectivity index (χ3v) is 5.41. The highest BCUT2D eigenvalue weighted by Crippen LogP contribution is 2.33. The molecule has 1 aliphatic rings. The molecule has 0 atom stereocenters. The summed E-state index contributed by atoms with van der Waals surface area (Å²) in [7, 11) is 0. The number of nitrogens with zero attached hydrogens (tertiary/aromatic N) is 3. The first-order valence-electron chi connectivity index (χ1n) is 9.72. The summed E-state index contributed by atoms with van der Waals surface area (Å²) in [5, 5.41) is 5.07. The zero-order valence-electron chi connectivity index (χ0n) is 16.8. The van der Waals surface area contributed by atoms with E-state index < -0.39 is 0 Å². The molecule has 2 N–H and O–H groups in total. The Bertz CT molecular complexity index is 1150. The van der Waals surface area contributed by atoms with E-state index in [2.05, 4.69) is 18.0 Å². The zero-order valence-corrected chi connectivity index (χ0v) is 17.6. The van der Waals surface area contributed by atoms with E-state index in [4.69, 9.17) is 15.6 Å². The van der Waals surface area contributed by atoms with Crippen molar-refractivity contribution in [3.05, 3.63) is 70.8 Å². The van der Waals surface area contributed by atoms with Crippen LogP contribution in [0.1, 0.15) is 24.5 Å². The second kappa shape index (κ2) is 8.59. The summed E-state index contributed by atoms with van der Waals surface area (Å²) in [6, 6.07) is 15.9. The zero-order chi connectivity index (χ0) is 21.1. The number of amidine groups is 1. The number of hydrogen-bond acceptors (Lipinski definition) is 5. The number of aliphatic imine (C=N–C) groups is 1. The van der Waals surface area contributed by atoms with Gasteiger partial charge in [0.25, 0.3) is 5.91 Å². The topological polar surface area (TPSA) is 82.5 Å². The normalized spacial score (nSPS) is 14.9. The van der Waals surface area contributed by atoms with Crippen molar-refractivity contribution in [1.82, 2.24) is 9.78 Å². The predicted octanol–water partition coefficient (Wildman–Crippen LogP) is 4.57. The molecule has 2 aromatic carbocycles. The molecule has 6 nitrogen and oxygen atoms in total. The van der Waals surface area contributed by atoms with Crippen molar-refractivity contribution in [2.75, 3.05) is 6.61 Å². The molecular formula is C23H22N4O2S. The van der Waals surface area contributed by atoms with Gasteiger partial charge in [-0.2, -0.15) is 10.1 Å². The Hall–Kier alpha value is -3.32.